The molecule has 2 heteroatoms. The number of pyridine rings is 1. The van der Waals surface area contributed by atoms with E-state index in [1.165, 1.54) is 29.9 Å². The van der Waals surface area contributed by atoms with Gasteiger partial charge in [0.1, 0.15) is 12.9 Å². The quantitative estimate of drug-likeness (QED) is 0.591. The normalized spacial score (nSPS) is 18.8. The first kappa shape index (κ1) is 6.96. The number of hydrogen-bond acceptors (Lipinski definition) is 0. The van der Waals surface area contributed by atoms with Crippen molar-refractivity contribution in [3.05, 3.63) is 77.1 Å². The fourth-order valence-corrected chi connectivity index (χ4v) is 2.44. The number of hydrogen-bond donors (Lipinski definition) is 0. The second-order valence-corrected chi connectivity index (χ2v) is 5.24. The molecule has 0 radical (unpaired) electrons. The first-order chi connectivity index (χ1) is 15.5. The van der Waals surface area contributed by atoms with Gasteiger partial charge in [0.05, 0.1) is 6.85 Å². The zero-order valence-electron chi connectivity index (χ0n) is 23.6. The van der Waals surface area contributed by atoms with Crippen molar-refractivity contribution in [1.82, 2.24) is 0 Å². The molecule has 1 nitrogen and oxygen atoms in total. The van der Waals surface area contributed by atoms with Gasteiger partial charge in [0, 0.05) is 31.0 Å². The van der Waals surface area contributed by atoms with Gasteiger partial charge in [0.15, 0.2) is 6.20 Å². The molecule has 0 unspecified atom stereocenters. The molecule has 0 bridgehead atoms. The molecule has 0 aliphatic rings. The lowest BCUT2D eigenvalue weighted by molar-refractivity contribution is -0.660. The summed E-state index contributed by atoms with van der Waals surface area (Å²) in [6.07, 6.45) is 1.19. The van der Waals surface area contributed by atoms with E-state index in [0.29, 0.717) is 11.1 Å². The van der Waals surface area contributed by atoms with Crippen molar-refractivity contribution in [1.29, 1.82) is 0 Å². The van der Waals surface area contributed by atoms with Gasteiger partial charge >= 0.3 is 0 Å². The highest BCUT2D eigenvalue weighted by Gasteiger charge is 2.17. The minimum absolute atomic E-state index is 0.255. The molecular weight excluding hydrogens is 285 g/mol. The fraction of sp³-hybridized carbons (Fsp3) is 0.190. The van der Waals surface area contributed by atoms with Gasteiger partial charge in [-0.2, -0.15) is 0 Å². The topological polar surface area (TPSA) is 3.88 Å². The smallest absolute Gasteiger partial charge is 0.206 e. The molecule has 0 fully saturated rings. The van der Waals surface area contributed by atoms with Gasteiger partial charge < -0.3 is 0 Å². The molecule has 0 saturated heterocycles. The Hall–Kier alpha value is -2.48. The van der Waals surface area contributed by atoms with Crippen LogP contribution >= 0.6 is 0 Å². The standard InChI is InChI=1S/C21H21FN/c1-14-11-21(23(4)13-16(14)3)18-12-19(20(22)10-15(18)2)17-8-6-5-7-9-17/h5-13H,1-4H3/q+1/i1D3,3D3,5D,6D,7D,8D,9D. The molecule has 0 saturated carbocycles. The minimum Gasteiger partial charge on any atom is -0.206 e. The summed E-state index contributed by atoms with van der Waals surface area (Å²) in [6, 6.07) is 0.616. The van der Waals surface area contributed by atoms with Crippen LogP contribution < -0.4 is 4.57 Å². The molecule has 3 rings (SSSR count). The second kappa shape index (κ2) is 5.96. The van der Waals surface area contributed by atoms with Crippen molar-refractivity contribution in [2.45, 2.75) is 20.6 Å². The Balaban J connectivity index is 2.39. The molecule has 2 aromatic carbocycles. The Morgan fingerprint density at radius 2 is 1.70 bits per heavy atom. The van der Waals surface area contributed by atoms with Gasteiger partial charge in [-0.25, -0.2) is 8.96 Å². The maximum Gasteiger partial charge on any atom is 0.212 e. The van der Waals surface area contributed by atoms with Crippen LogP contribution in [0.25, 0.3) is 22.4 Å². The van der Waals surface area contributed by atoms with Crippen LogP contribution in [0.3, 0.4) is 0 Å². The summed E-state index contributed by atoms with van der Waals surface area (Å²) in [5, 5.41) is 0. The van der Waals surface area contributed by atoms with Crippen LogP contribution in [-0.4, -0.2) is 0 Å². The van der Waals surface area contributed by atoms with E-state index >= 15 is 4.39 Å². The van der Waals surface area contributed by atoms with E-state index in [4.69, 9.17) is 15.1 Å². The van der Waals surface area contributed by atoms with Crippen molar-refractivity contribution in [2.75, 3.05) is 0 Å². The number of aromatic nitrogens is 1. The Morgan fingerprint density at radius 3 is 2.39 bits per heavy atom. The highest BCUT2D eigenvalue weighted by atomic mass is 19.1. The molecule has 0 spiro atoms. The maximum atomic E-state index is 15.0. The third-order valence-corrected chi connectivity index (χ3v) is 3.63. The lowest BCUT2D eigenvalue weighted by Crippen LogP contribution is -2.31. The molecule has 0 aliphatic carbocycles. The number of rotatable bonds is 2. The van der Waals surface area contributed by atoms with Crippen LogP contribution in [0.1, 0.15) is 31.8 Å². The summed E-state index contributed by atoms with van der Waals surface area (Å²) in [4.78, 5) is 0. The van der Waals surface area contributed by atoms with Crippen molar-refractivity contribution in [2.24, 2.45) is 7.05 Å². The molecule has 0 atom stereocenters. The predicted molar refractivity (Wildman–Crippen MR) is 92.7 cm³/mol. The van der Waals surface area contributed by atoms with Gasteiger partial charge in [0.25, 0.3) is 0 Å². The summed E-state index contributed by atoms with van der Waals surface area (Å²) in [6.45, 7) is -3.86. The van der Waals surface area contributed by atoms with Crippen molar-refractivity contribution < 1.29 is 24.0 Å². The first-order valence-corrected chi connectivity index (χ1v) is 6.89. The maximum absolute atomic E-state index is 15.0. The van der Waals surface area contributed by atoms with Crippen molar-refractivity contribution >= 4 is 0 Å². The fourth-order valence-electron chi connectivity index (χ4n) is 2.44. The highest BCUT2D eigenvalue weighted by molar-refractivity contribution is 5.73. The summed E-state index contributed by atoms with van der Waals surface area (Å²) in [7, 11) is 1.51. The van der Waals surface area contributed by atoms with E-state index in [1.54, 1.807) is 6.92 Å². The molecule has 23 heavy (non-hydrogen) atoms. The first-order valence-electron chi connectivity index (χ1n) is 12.4. The summed E-state index contributed by atoms with van der Waals surface area (Å²) >= 11 is 0. The largest absolute Gasteiger partial charge is 0.212 e. The van der Waals surface area contributed by atoms with Crippen LogP contribution in [0, 0.1) is 26.4 Å². The van der Waals surface area contributed by atoms with E-state index in [0.717, 1.165) is 6.07 Å². The summed E-state index contributed by atoms with van der Waals surface area (Å²) < 4.78 is 103. The van der Waals surface area contributed by atoms with E-state index in [1.807, 2.05) is 0 Å². The third-order valence-electron chi connectivity index (χ3n) is 3.63. The molecule has 0 N–H and O–H groups in total. The Labute approximate surface area is 152 Å². The van der Waals surface area contributed by atoms with Gasteiger partial charge in [-0.05, 0) is 49.5 Å². The Bertz CT molecular complexity index is 1280. The van der Waals surface area contributed by atoms with Gasteiger partial charge in [-0.3, -0.25) is 0 Å². The minimum atomic E-state index is -2.74. The molecule has 0 aliphatic heterocycles. The zero-order chi connectivity index (χ0) is 25.9. The van der Waals surface area contributed by atoms with Gasteiger partial charge in [0.2, 0.25) is 5.69 Å². The summed E-state index contributed by atoms with van der Waals surface area (Å²) in [5.74, 6) is -0.822. The molecular formula is C21H21FN+. The average Bonchev–Trinajstić information content (AvgIpc) is 2.71. The second-order valence-electron chi connectivity index (χ2n) is 5.24. The molecule has 1 aromatic heterocycles. The number of benzene rings is 2. The highest BCUT2D eigenvalue weighted by Crippen LogP contribution is 2.30. The lowest BCUT2D eigenvalue weighted by atomic mass is 9.96. The SMILES string of the molecule is [2H]c1c([2H])c([2H])c(-c2cc(-c3cc(C([2H])([2H])[2H])c(C([2H])([2H])[2H])c[n+]3C)c(C)cc2F)c([2H])c1[2H]. The third kappa shape index (κ3) is 2.89. The number of aryl methyl sites for hydroxylation is 4. The predicted octanol–water partition coefficient (Wildman–Crippen LogP) is 4.91. The van der Waals surface area contributed by atoms with Gasteiger partial charge in [-0.1, -0.05) is 30.2 Å². The average molecular weight is 317 g/mol. The van der Waals surface area contributed by atoms with Crippen molar-refractivity contribution in [3.8, 4) is 22.4 Å². The molecule has 1 heterocycles. The molecule has 116 valence electrons. The van der Waals surface area contributed by atoms with E-state index < -0.39 is 49.7 Å². The van der Waals surface area contributed by atoms with E-state index in [9.17, 15) is 0 Å². The van der Waals surface area contributed by atoms with Crippen molar-refractivity contribution in [3.63, 3.8) is 0 Å². The van der Waals surface area contributed by atoms with E-state index in [2.05, 4.69) is 0 Å². The van der Waals surface area contributed by atoms with Crippen LogP contribution in [0.2, 0.25) is 0 Å². The molecule has 0 amide bonds. The monoisotopic (exact) mass is 317 g/mol. The Kier molecular flexibility index (Phi) is 1.80. The Morgan fingerprint density at radius 1 is 0.957 bits per heavy atom. The summed E-state index contributed by atoms with van der Waals surface area (Å²) in [5.41, 5.74) is -0.366. The van der Waals surface area contributed by atoms with Crippen LogP contribution in [0.15, 0.2) is 54.6 Å². The number of halogens is 1. The van der Waals surface area contributed by atoms with Crippen LogP contribution in [0.5, 0.6) is 0 Å². The number of nitrogens with zero attached hydrogens (tertiary/aromatic N) is 1. The van der Waals surface area contributed by atoms with E-state index in [-0.39, 0.29) is 27.9 Å². The van der Waals surface area contributed by atoms with Gasteiger partial charge in [-0.15, -0.1) is 0 Å². The zero-order valence-corrected chi connectivity index (χ0v) is 12.6. The lowest BCUT2D eigenvalue weighted by Gasteiger charge is -2.11. The van der Waals surface area contributed by atoms with Crippen LogP contribution in [0.4, 0.5) is 4.39 Å². The molecule has 3 aromatic rings. The van der Waals surface area contributed by atoms with Crippen LogP contribution in [-0.2, 0) is 7.05 Å².